The van der Waals surface area contributed by atoms with Crippen LogP contribution < -0.4 is 5.32 Å². The highest BCUT2D eigenvalue weighted by Gasteiger charge is 2.39. The van der Waals surface area contributed by atoms with Crippen molar-refractivity contribution in [2.75, 3.05) is 11.1 Å². The second-order valence-electron chi connectivity index (χ2n) is 7.46. The number of anilines is 1. The number of hydrogen-bond acceptors (Lipinski definition) is 5. The van der Waals surface area contributed by atoms with Crippen molar-refractivity contribution < 1.29 is 22.7 Å². The summed E-state index contributed by atoms with van der Waals surface area (Å²) in [6.45, 7) is 4.88. The van der Waals surface area contributed by atoms with Crippen LogP contribution in [0, 0.1) is 6.92 Å². The van der Waals surface area contributed by atoms with E-state index in [0.29, 0.717) is 10.7 Å². The molecule has 2 aromatic rings. The van der Waals surface area contributed by atoms with Crippen LogP contribution in [-0.4, -0.2) is 42.5 Å². The van der Waals surface area contributed by atoms with E-state index in [1.807, 2.05) is 31.2 Å². The summed E-state index contributed by atoms with van der Waals surface area (Å²) in [7, 11) is -3.66. The number of aryl methyl sites for hydroxylation is 1. The molecule has 7 nitrogen and oxygen atoms in total. The van der Waals surface area contributed by atoms with E-state index in [4.69, 9.17) is 16.3 Å². The molecule has 1 aliphatic heterocycles. The van der Waals surface area contributed by atoms with E-state index in [-0.39, 0.29) is 18.7 Å². The lowest BCUT2D eigenvalue weighted by molar-refractivity contribution is -0.157. The lowest BCUT2D eigenvalue weighted by Gasteiger charge is -2.34. The summed E-state index contributed by atoms with van der Waals surface area (Å²) in [4.78, 5) is 25.5. The number of rotatable bonds is 6. The molecule has 0 saturated heterocycles. The smallest absolute Gasteiger partial charge is 0.325 e. The first kappa shape index (κ1) is 23.2. The molecule has 1 heterocycles. The fourth-order valence-corrected chi connectivity index (χ4v) is 4.82. The van der Waals surface area contributed by atoms with Crippen LogP contribution in [0.25, 0.3) is 0 Å². The van der Waals surface area contributed by atoms with Gasteiger partial charge in [0.15, 0.2) is 6.10 Å². The second kappa shape index (κ2) is 9.38. The maximum absolute atomic E-state index is 12.9. The number of carbonyl (C=O) groups excluding carboxylic acids is 2. The Labute approximate surface area is 187 Å². The van der Waals surface area contributed by atoms with Gasteiger partial charge in [-0.3, -0.25) is 9.59 Å². The molecule has 1 N–H and O–H groups in total. The number of benzene rings is 2. The lowest BCUT2D eigenvalue weighted by Crippen LogP contribution is -2.50. The standard InChI is InChI=1S/C22H25ClN2O5S/c1-4-31(28,29)25-13-17-8-6-5-7-16(17)11-20(25)22(27)30-15(3)21(26)24-19-12-18(23)10-9-14(19)2/h5-10,12,15,20H,4,11,13H2,1-3H3,(H,24,26)/t15?,20-/m0/s1. The highest BCUT2D eigenvalue weighted by Crippen LogP contribution is 2.27. The minimum absolute atomic E-state index is 0.0917. The quantitative estimate of drug-likeness (QED) is 0.662. The zero-order valence-electron chi connectivity index (χ0n) is 17.6. The summed E-state index contributed by atoms with van der Waals surface area (Å²) in [5.41, 5.74) is 3.06. The molecule has 0 bridgehead atoms. The number of ether oxygens (including phenoxy) is 1. The molecule has 0 aromatic heterocycles. The molecule has 0 radical (unpaired) electrons. The SMILES string of the molecule is CCS(=O)(=O)N1Cc2ccccc2C[C@H]1C(=O)OC(C)C(=O)Nc1cc(Cl)ccc1C. The van der Waals surface area contributed by atoms with Crippen LogP contribution in [0.5, 0.6) is 0 Å². The molecule has 0 spiro atoms. The van der Waals surface area contributed by atoms with Crippen LogP contribution in [0.1, 0.15) is 30.5 Å². The number of amides is 1. The summed E-state index contributed by atoms with van der Waals surface area (Å²) in [6, 6.07) is 11.4. The van der Waals surface area contributed by atoms with E-state index >= 15 is 0 Å². The van der Waals surface area contributed by atoms with Crippen molar-refractivity contribution in [3.05, 3.63) is 64.2 Å². The summed E-state index contributed by atoms with van der Waals surface area (Å²) >= 11 is 5.98. The molecule has 0 saturated carbocycles. The van der Waals surface area contributed by atoms with E-state index < -0.39 is 34.0 Å². The Balaban J connectivity index is 1.76. The van der Waals surface area contributed by atoms with Crippen LogP contribution >= 0.6 is 11.6 Å². The van der Waals surface area contributed by atoms with Crippen molar-refractivity contribution in [1.29, 1.82) is 0 Å². The van der Waals surface area contributed by atoms with Gasteiger partial charge in [-0.2, -0.15) is 4.31 Å². The summed E-state index contributed by atoms with van der Waals surface area (Å²) in [6.07, 6.45) is -0.926. The number of esters is 1. The normalized spacial score (nSPS) is 17.5. The largest absolute Gasteiger partial charge is 0.451 e. The van der Waals surface area contributed by atoms with Gasteiger partial charge in [0.05, 0.1) is 5.75 Å². The maximum Gasteiger partial charge on any atom is 0.325 e. The molecule has 2 atom stereocenters. The van der Waals surface area contributed by atoms with Gasteiger partial charge < -0.3 is 10.1 Å². The van der Waals surface area contributed by atoms with E-state index in [1.54, 1.807) is 18.2 Å². The minimum atomic E-state index is -3.66. The molecule has 166 valence electrons. The Kier molecular flexibility index (Phi) is 7.03. The van der Waals surface area contributed by atoms with E-state index in [1.165, 1.54) is 18.2 Å². The number of carbonyl (C=O) groups is 2. The first-order chi connectivity index (χ1) is 14.6. The third-order valence-corrected chi connectivity index (χ3v) is 7.38. The number of nitrogens with zero attached hydrogens (tertiary/aromatic N) is 1. The summed E-state index contributed by atoms with van der Waals surface area (Å²) in [5.74, 6) is -1.42. The van der Waals surface area contributed by atoms with E-state index in [2.05, 4.69) is 5.32 Å². The lowest BCUT2D eigenvalue weighted by atomic mass is 9.96. The van der Waals surface area contributed by atoms with Crippen molar-refractivity contribution in [2.24, 2.45) is 0 Å². The van der Waals surface area contributed by atoms with Crippen molar-refractivity contribution in [1.82, 2.24) is 4.31 Å². The molecule has 1 amide bonds. The van der Waals surface area contributed by atoms with Gasteiger partial charge in [-0.25, -0.2) is 8.42 Å². The fourth-order valence-electron chi connectivity index (χ4n) is 3.43. The molecule has 0 aliphatic carbocycles. The molecule has 1 unspecified atom stereocenters. The Morgan fingerprint density at radius 1 is 1.23 bits per heavy atom. The van der Waals surface area contributed by atoms with E-state index in [0.717, 1.165) is 16.7 Å². The van der Waals surface area contributed by atoms with Crippen LogP contribution in [0.15, 0.2) is 42.5 Å². The maximum atomic E-state index is 12.9. The molecular weight excluding hydrogens is 440 g/mol. The monoisotopic (exact) mass is 464 g/mol. The van der Waals surface area contributed by atoms with Crippen molar-refractivity contribution in [3.63, 3.8) is 0 Å². The van der Waals surface area contributed by atoms with Gasteiger partial charge in [0.1, 0.15) is 6.04 Å². The second-order valence-corrected chi connectivity index (χ2v) is 10.1. The molecule has 9 heteroatoms. The molecule has 0 fully saturated rings. The Hall–Kier alpha value is -2.42. The van der Waals surface area contributed by atoms with E-state index in [9.17, 15) is 18.0 Å². The van der Waals surface area contributed by atoms with Crippen molar-refractivity contribution in [2.45, 2.75) is 45.9 Å². The number of fused-ring (bicyclic) bond motifs is 1. The van der Waals surface area contributed by atoms with Crippen LogP contribution in [-0.2, 0) is 37.3 Å². The summed E-state index contributed by atoms with van der Waals surface area (Å²) < 4.78 is 31.8. The molecule has 3 rings (SSSR count). The predicted molar refractivity (Wildman–Crippen MR) is 119 cm³/mol. The zero-order chi connectivity index (χ0) is 22.8. The van der Waals surface area contributed by atoms with Gasteiger partial charge in [-0.1, -0.05) is 41.9 Å². The Bertz CT molecular complexity index is 1100. The topological polar surface area (TPSA) is 92.8 Å². The van der Waals surface area contributed by atoms with Gasteiger partial charge in [-0.15, -0.1) is 0 Å². The fraction of sp³-hybridized carbons (Fsp3) is 0.364. The first-order valence-electron chi connectivity index (χ1n) is 9.96. The van der Waals surface area contributed by atoms with Gasteiger partial charge in [0, 0.05) is 23.7 Å². The predicted octanol–water partition coefficient (Wildman–Crippen LogP) is 3.30. The molecule has 1 aliphatic rings. The van der Waals surface area contributed by atoms with Crippen molar-refractivity contribution >= 4 is 39.2 Å². The average molecular weight is 465 g/mol. The first-order valence-corrected chi connectivity index (χ1v) is 11.9. The highest BCUT2D eigenvalue weighted by atomic mass is 35.5. The Morgan fingerprint density at radius 3 is 2.58 bits per heavy atom. The molecule has 31 heavy (non-hydrogen) atoms. The minimum Gasteiger partial charge on any atom is -0.451 e. The average Bonchev–Trinajstić information content (AvgIpc) is 2.75. The van der Waals surface area contributed by atoms with Crippen molar-refractivity contribution in [3.8, 4) is 0 Å². The summed E-state index contributed by atoms with van der Waals surface area (Å²) in [5, 5.41) is 3.16. The highest BCUT2D eigenvalue weighted by molar-refractivity contribution is 7.89. The number of halogens is 1. The number of hydrogen-bond donors (Lipinski definition) is 1. The third kappa shape index (κ3) is 5.26. The van der Waals surface area contributed by atoms with Crippen LogP contribution in [0.4, 0.5) is 5.69 Å². The number of sulfonamides is 1. The number of nitrogens with one attached hydrogen (secondary N) is 1. The van der Waals surface area contributed by atoms with Crippen LogP contribution in [0.3, 0.4) is 0 Å². The zero-order valence-corrected chi connectivity index (χ0v) is 19.2. The molecule has 2 aromatic carbocycles. The van der Waals surface area contributed by atoms with Gasteiger partial charge in [0.25, 0.3) is 5.91 Å². The van der Waals surface area contributed by atoms with Crippen LogP contribution in [0.2, 0.25) is 5.02 Å². The van der Waals surface area contributed by atoms with Gasteiger partial charge in [0.2, 0.25) is 10.0 Å². The van der Waals surface area contributed by atoms with Gasteiger partial charge >= 0.3 is 5.97 Å². The molecular formula is C22H25ClN2O5S. The third-order valence-electron chi connectivity index (χ3n) is 5.32. The Morgan fingerprint density at radius 2 is 1.90 bits per heavy atom. The van der Waals surface area contributed by atoms with Gasteiger partial charge in [-0.05, 0) is 49.6 Å².